The predicted molar refractivity (Wildman–Crippen MR) is 189 cm³/mol. The van der Waals surface area contributed by atoms with Gasteiger partial charge in [-0.05, 0) is 61.1 Å². The van der Waals surface area contributed by atoms with Gasteiger partial charge in [-0.1, -0.05) is 48.5 Å². The van der Waals surface area contributed by atoms with E-state index in [0.717, 1.165) is 53.6 Å². The zero-order valence-electron chi connectivity index (χ0n) is 27.3. The number of rotatable bonds is 8. The minimum absolute atomic E-state index is 0.00438. The molecule has 6 aromatic rings. The van der Waals surface area contributed by atoms with Crippen LogP contribution >= 0.6 is 0 Å². The largest absolute Gasteiger partial charge is 0.351 e. The van der Waals surface area contributed by atoms with Crippen LogP contribution in [0.2, 0.25) is 0 Å². The van der Waals surface area contributed by atoms with Gasteiger partial charge in [0.25, 0.3) is 0 Å². The molecule has 2 amide bonds. The number of amides is 2. The number of carbonyl (C=O) groups is 1. The van der Waals surface area contributed by atoms with Crippen LogP contribution in [0.1, 0.15) is 36.8 Å². The molecule has 7 rings (SSSR count). The number of urea groups is 1. The number of aryl methyl sites for hydroxylation is 2. The molecular weight excluding hydrogens is 616 g/mol. The normalized spacial score (nSPS) is 15.9. The van der Waals surface area contributed by atoms with E-state index in [2.05, 4.69) is 31.8 Å². The van der Waals surface area contributed by atoms with E-state index >= 15 is 0 Å². The van der Waals surface area contributed by atoms with E-state index in [1.54, 1.807) is 16.3 Å². The first-order chi connectivity index (χ1) is 23.9. The van der Waals surface area contributed by atoms with E-state index in [-0.39, 0.29) is 23.8 Å². The minimum Gasteiger partial charge on any atom is -0.351 e. The Kier molecular flexibility index (Phi) is 8.64. The fraction of sp³-hybridized carbons (Fsp3) is 0.243. The summed E-state index contributed by atoms with van der Waals surface area (Å²) in [6, 6.07) is 25.6. The molecule has 1 aliphatic rings. The number of carbonyl (C=O) groups excluding carboxylic acids is 1. The Labute approximate surface area is 283 Å². The zero-order valence-corrected chi connectivity index (χ0v) is 27.3. The number of nitrogens with one attached hydrogen (secondary N) is 3. The highest BCUT2D eigenvalue weighted by atomic mass is 16.2. The number of aromatic amines is 1. The van der Waals surface area contributed by atoms with Crippen LogP contribution in [0, 0.1) is 11.3 Å². The standard InChI is InChI=1S/C37H36N10O2/c1-45-23-28(22-41-45)25-8-13-30(14-9-25)47(36(48)40-20-24-6-4-3-5-7-24)31-15-11-29(12-16-31)42-35-39-21-27(19-38)34(44-35)26-10-17-33-32(18-26)43-37(49)46(33)2/h3-10,13-14,17-18,21-23,29,31H,11-12,15-16,20H2,1-2H3,(H,40,48)(H,43,49)(H,39,42,44). The molecule has 0 saturated heterocycles. The van der Waals surface area contributed by atoms with Gasteiger partial charge in [0.15, 0.2) is 0 Å². The van der Waals surface area contributed by atoms with Crippen molar-refractivity contribution >= 4 is 28.7 Å². The van der Waals surface area contributed by atoms with Crippen LogP contribution in [-0.4, -0.2) is 47.4 Å². The molecular formula is C37H36N10O2. The lowest BCUT2D eigenvalue weighted by Crippen LogP contribution is -2.48. The van der Waals surface area contributed by atoms with Gasteiger partial charge < -0.3 is 15.6 Å². The summed E-state index contributed by atoms with van der Waals surface area (Å²) in [6.07, 6.45) is 8.50. The van der Waals surface area contributed by atoms with Crippen molar-refractivity contribution in [2.45, 2.75) is 44.3 Å². The number of hydrogen-bond acceptors (Lipinski definition) is 7. The number of imidazole rings is 1. The Morgan fingerprint density at radius 2 is 1.73 bits per heavy atom. The summed E-state index contributed by atoms with van der Waals surface area (Å²) in [4.78, 5) is 39.8. The Bertz CT molecular complexity index is 2200. The molecule has 1 saturated carbocycles. The molecule has 0 unspecified atom stereocenters. The summed E-state index contributed by atoms with van der Waals surface area (Å²) < 4.78 is 3.31. The SMILES string of the molecule is Cn1cc(-c2ccc(N(C(=O)NCc3ccccc3)C3CCC(Nc4ncc(C#N)c(-c5ccc6c(c5)[nH]c(=O)n6C)n4)CC3)cc2)cn1. The van der Waals surface area contributed by atoms with Crippen LogP contribution in [0.15, 0.2) is 96.2 Å². The highest BCUT2D eigenvalue weighted by molar-refractivity contribution is 5.93. The average Bonchev–Trinajstić information content (AvgIpc) is 3.70. The molecule has 3 N–H and O–H groups in total. The molecule has 3 aromatic heterocycles. The van der Waals surface area contributed by atoms with Crippen molar-refractivity contribution in [2.75, 3.05) is 10.2 Å². The highest BCUT2D eigenvalue weighted by Gasteiger charge is 2.30. The van der Waals surface area contributed by atoms with E-state index in [0.29, 0.717) is 34.8 Å². The van der Waals surface area contributed by atoms with E-state index in [4.69, 9.17) is 4.98 Å². The van der Waals surface area contributed by atoms with Gasteiger partial charge in [-0.3, -0.25) is 14.1 Å². The molecule has 0 radical (unpaired) electrons. The fourth-order valence-corrected chi connectivity index (χ4v) is 6.54. The molecule has 3 aromatic carbocycles. The number of hydrogen-bond donors (Lipinski definition) is 3. The maximum atomic E-state index is 13.8. The van der Waals surface area contributed by atoms with Crippen molar-refractivity contribution < 1.29 is 4.79 Å². The maximum Gasteiger partial charge on any atom is 0.326 e. The smallest absolute Gasteiger partial charge is 0.326 e. The molecule has 1 aliphatic carbocycles. The van der Waals surface area contributed by atoms with Gasteiger partial charge in [-0.2, -0.15) is 10.4 Å². The predicted octanol–water partition coefficient (Wildman–Crippen LogP) is 5.74. The van der Waals surface area contributed by atoms with E-state index in [9.17, 15) is 14.9 Å². The van der Waals surface area contributed by atoms with Crippen LogP contribution in [0.25, 0.3) is 33.4 Å². The van der Waals surface area contributed by atoms with Gasteiger partial charge in [0, 0.05) is 55.7 Å². The summed E-state index contributed by atoms with van der Waals surface area (Å²) in [7, 11) is 3.60. The fourth-order valence-electron chi connectivity index (χ4n) is 6.54. The maximum absolute atomic E-state index is 13.8. The first-order valence-corrected chi connectivity index (χ1v) is 16.3. The molecule has 49 heavy (non-hydrogen) atoms. The number of nitrogens with zero attached hydrogens (tertiary/aromatic N) is 7. The molecule has 3 heterocycles. The molecule has 1 fully saturated rings. The third-order valence-corrected chi connectivity index (χ3v) is 9.17. The third-order valence-electron chi connectivity index (χ3n) is 9.17. The van der Waals surface area contributed by atoms with Crippen LogP contribution in [0.4, 0.5) is 16.4 Å². The van der Waals surface area contributed by atoms with Crippen LogP contribution in [0.3, 0.4) is 0 Å². The quantitative estimate of drug-likeness (QED) is 0.190. The Morgan fingerprint density at radius 3 is 2.45 bits per heavy atom. The van der Waals surface area contributed by atoms with Crippen molar-refractivity contribution in [3.8, 4) is 28.5 Å². The van der Waals surface area contributed by atoms with Crippen molar-refractivity contribution in [3.63, 3.8) is 0 Å². The van der Waals surface area contributed by atoms with E-state index in [1.165, 1.54) is 6.20 Å². The van der Waals surface area contributed by atoms with Gasteiger partial charge in [-0.15, -0.1) is 0 Å². The third kappa shape index (κ3) is 6.64. The number of fused-ring (bicyclic) bond motifs is 1. The van der Waals surface area contributed by atoms with Gasteiger partial charge in [0.1, 0.15) is 6.07 Å². The molecule has 0 bridgehead atoms. The number of benzene rings is 3. The van der Waals surface area contributed by atoms with Gasteiger partial charge in [0.05, 0.1) is 34.7 Å². The lowest BCUT2D eigenvalue weighted by atomic mass is 9.90. The first kappa shape index (κ1) is 31.4. The van der Waals surface area contributed by atoms with Crippen LogP contribution in [-0.2, 0) is 20.6 Å². The summed E-state index contributed by atoms with van der Waals surface area (Å²) >= 11 is 0. The Morgan fingerprint density at radius 1 is 0.980 bits per heavy atom. The number of anilines is 2. The summed E-state index contributed by atoms with van der Waals surface area (Å²) in [5, 5.41) is 20.7. The average molecular weight is 653 g/mol. The first-order valence-electron chi connectivity index (χ1n) is 16.3. The van der Waals surface area contributed by atoms with Crippen molar-refractivity contribution in [3.05, 3.63) is 113 Å². The molecule has 246 valence electrons. The van der Waals surface area contributed by atoms with Gasteiger partial charge in [0.2, 0.25) is 5.95 Å². The van der Waals surface area contributed by atoms with Crippen LogP contribution < -0.4 is 21.2 Å². The van der Waals surface area contributed by atoms with Crippen molar-refractivity contribution in [1.82, 2.24) is 34.6 Å². The number of H-pyrrole nitrogens is 1. The molecule has 0 aliphatic heterocycles. The second-order valence-corrected chi connectivity index (χ2v) is 12.4. The second kappa shape index (κ2) is 13.5. The number of aromatic nitrogens is 6. The number of nitriles is 1. The molecule has 0 atom stereocenters. The van der Waals surface area contributed by atoms with Gasteiger partial charge in [-0.25, -0.2) is 19.6 Å². The Balaban J connectivity index is 1.07. The Hall–Kier alpha value is -6.22. The van der Waals surface area contributed by atoms with Crippen molar-refractivity contribution in [1.29, 1.82) is 5.26 Å². The lowest BCUT2D eigenvalue weighted by Gasteiger charge is -2.37. The summed E-state index contributed by atoms with van der Waals surface area (Å²) in [5.41, 5.74) is 6.72. The van der Waals surface area contributed by atoms with E-state index in [1.807, 2.05) is 97.1 Å². The summed E-state index contributed by atoms with van der Waals surface area (Å²) in [5.74, 6) is 0.433. The highest BCUT2D eigenvalue weighted by Crippen LogP contribution is 2.32. The lowest BCUT2D eigenvalue weighted by molar-refractivity contribution is 0.240. The zero-order chi connectivity index (χ0) is 33.9. The topological polar surface area (TPSA) is 150 Å². The molecule has 12 nitrogen and oxygen atoms in total. The van der Waals surface area contributed by atoms with E-state index < -0.39 is 0 Å². The monoisotopic (exact) mass is 652 g/mol. The molecule has 0 spiro atoms. The minimum atomic E-state index is -0.206. The van der Waals surface area contributed by atoms with Gasteiger partial charge >= 0.3 is 11.7 Å². The second-order valence-electron chi connectivity index (χ2n) is 12.4. The molecule has 12 heteroatoms. The van der Waals surface area contributed by atoms with Crippen molar-refractivity contribution in [2.24, 2.45) is 14.1 Å². The van der Waals surface area contributed by atoms with Crippen LogP contribution in [0.5, 0.6) is 0 Å². The summed E-state index contributed by atoms with van der Waals surface area (Å²) in [6.45, 7) is 0.437.